The Bertz CT molecular complexity index is 946. The van der Waals surface area contributed by atoms with Crippen LogP contribution in [0.3, 0.4) is 0 Å². The molecule has 3 N–H and O–H groups in total. The Morgan fingerprint density at radius 3 is 2.56 bits per heavy atom. The summed E-state index contributed by atoms with van der Waals surface area (Å²) in [5.41, 5.74) is 3.96. The summed E-state index contributed by atoms with van der Waals surface area (Å²) in [6, 6.07) is 12.8. The number of fused-ring (bicyclic) bond motifs is 1. The van der Waals surface area contributed by atoms with E-state index in [0.29, 0.717) is 23.3 Å². The number of Topliss-reactive ketones (excluding diaryl/α,β-unsaturated/α-hetero) is 1. The normalized spacial score (nSPS) is 20.7. The highest BCUT2D eigenvalue weighted by atomic mass is 16.5. The van der Waals surface area contributed by atoms with Crippen molar-refractivity contribution in [1.29, 1.82) is 0 Å². The summed E-state index contributed by atoms with van der Waals surface area (Å²) in [4.78, 5) is 13.1. The number of carbonyl (C=O) groups is 1. The van der Waals surface area contributed by atoms with Gasteiger partial charge in [-0.05, 0) is 30.0 Å². The number of phenols is 1. The van der Waals surface area contributed by atoms with Crippen molar-refractivity contribution in [2.24, 2.45) is 5.41 Å². The van der Waals surface area contributed by atoms with Crippen LogP contribution < -0.4 is 15.4 Å². The number of para-hydroxylation sites is 3. The van der Waals surface area contributed by atoms with Crippen LogP contribution in [0, 0.1) is 5.41 Å². The van der Waals surface area contributed by atoms with Gasteiger partial charge in [0.1, 0.15) is 0 Å². The fraction of sp³-hybridized carbons (Fsp3) is 0.318. The summed E-state index contributed by atoms with van der Waals surface area (Å²) < 4.78 is 5.28. The number of hydrogen-bond donors (Lipinski definition) is 3. The summed E-state index contributed by atoms with van der Waals surface area (Å²) in [7, 11) is 1.52. The van der Waals surface area contributed by atoms with Crippen molar-refractivity contribution >= 4 is 17.2 Å². The SMILES string of the molecule is COc1cccc([C@H]2Nc3ccccc3NC3=C2C(=O)CC(C)(C)C3)c1O. The second-order valence-electron chi connectivity index (χ2n) is 7.98. The molecule has 1 heterocycles. The molecular weight excluding hydrogens is 340 g/mol. The Morgan fingerprint density at radius 2 is 1.81 bits per heavy atom. The first-order valence-corrected chi connectivity index (χ1v) is 9.14. The van der Waals surface area contributed by atoms with E-state index in [0.717, 1.165) is 23.5 Å². The van der Waals surface area contributed by atoms with Crippen molar-refractivity contribution in [3.8, 4) is 11.5 Å². The zero-order valence-corrected chi connectivity index (χ0v) is 15.8. The van der Waals surface area contributed by atoms with E-state index in [1.807, 2.05) is 36.4 Å². The molecule has 1 aliphatic carbocycles. The van der Waals surface area contributed by atoms with Crippen molar-refractivity contribution in [3.63, 3.8) is 0 Å². The number of allylic oxidation sites excluding steroid dienone is 1. The minimum absolute atomic E-state index is 0.0568. The quantitative estimate of drug-likeness (QED) is 0.725. The lowest BCUT2D eigenvalue weighted by atomic mass is 9.73. The molecule has 2 aliphatic rings. The first-order valence-electron chi connectivity index (χ1n) is 9.14. The van der Waals surface area contributed by atoms with Gasteiger partial charge in [0.2, 0.25) is 0 Å². The van der Waals surface area contributed by atoms with Gasteiger partial charge in [-0.2, -0.15) is 0 Å². The third-order valence-corrected chi connectivity index (χ3v) is 5.28. The first kappa shape index (κ1) is 17.5. The van der Waals surface area contributed by atoms with E-state index in [9.17, 15) is 9.90 Å². The monoisotopic (exact) mass is 364 g/mol. The predicted octanol–water partition coefficient (Wildman–Crippen LogP) is 4.62. The van der Waals surface area contributed by atoms with E-state index < -0.39 is 6.04 Å². The van der Waals surface area contributed by atoms with Crippen LogP contribution in [-0.4, -0.2) is 18.0 Å². The number of aromatic hydroxyl groups is 1. The molecule has 5 heteroatoms. The molecule has 0 aromatic heterocycles. The summed E-state index contributed by atoms with van der Waals surface area (Å²) in [5, 5.41) is 17.7. The molecule has 140 valence electrons. The molecular formula is C22H24N2O3. The summed E-state index contributed by atoms with van der Waals surface area (Å²) in [5.74, 6) is 0.549. The highest BCUT2D eigenvalue weighted by Gasteiger charge is 2.39. The molecule has 0 amide bonds. The Kier molecular flexibility index (Phi) is 4.10. The van der Waals surface area contributed by atoms with Gasteiger partial charge < -0.3 is 20.5 Å². The van der Waals surface area contributed by atoms with Crippen molar-refractivity contribution in [2.75, 3.05) is 17.7 Å². The van der Waals surface area contributed by atoms with E-state index in [2.05, 4.69) is 24.5 Å². The van der Waals surface area contributed by atoms with Crippen LogP contribution in [0.5, 0.6) is 11.5 Å². The third-order valence-electron chi connectivity index (χ3n) is 5.28. The number of ketones is 1. The lowest BCUT2D eigenvalue weighted by Crippen LogP contribution is -2.31. The number of methoxy groups -OCH3 is 1. The number of anilines is 2. The molecule has 0 fully saturated rings. The number of benzene rings is 2. The summed E-state index contributed by atoms with van der Waals surface area (Å²) >= 11 is 0. The second-order valence-corrected chi connectivity index (χ2v) is 7.98. The first-order chi connectivity index (χ1) is 12.9. The van der Waals surface area contributed by atoms with E-state index in [4.69, 9.17) is 4.74 Å². The van der Waals surface area contributed by atoms with Crippen molar-refractivity contribution in [2.45, 2.75) is 32.7 Å². The molecule has 0 radical (unpaired) electrons. The molecule has 0 saturated carbocycles. The number of phenolic OH excluding ortho intramolecular Hbond substituents is 1. The Morgan fingerprint density at radius 1 is 1.07 bits per heavy atom. The van der Waals surface area contributed by atoms with Crippen molar-refractivity contribution < 1.29 is 14.6 Å². The summed E-state index contributed by atoms with van der Waals surface area (Å²) in [6.45, 7) is 4.22. The molecule has 27 heavy (non-hydrogen) atoms. The van der Waals surface area contributed by atoms with Gasteiger partial charge in [-0.25, -0.2) is 0 Å². The zero-order valence-electron chi connectivity index (χ0n) is 15.8. The molecule has 0 saturated heterocycles. The molecule has 0 bridgehead atoms. The van der Waals surface area contributed by atoms with Crippen molar-refractivity contribution in [1.82, 2.24) is 0 Å². The van der Waals surface area contributed by atoms with E-state index in [-0.39, 0.29) is 16.9 Å². The van der Waals surface area contributed by atoms with Crippen LogP contribution in [0.2, 0.25) is 0 Å². The largest absolute Gasteiger partial charge is 0.504 e. The smallest absolute Gasteiger partial charge is 0.163 e. The fourth-order valence-electron chi connectivity index (χ4n) is 4.06. The molecule has 2 aromatic carbocycles. The number of rotatable bonds is 2. The minimum Gasteiger partial charge on any atom is -0.504 e. The van der Waals surface area contributed by atoms with Gasteiger partial charge in [0.25, 0.3) is 0 Å². The molecule has 1 aliphatic heterocycles. The van der Waals surface area contributed by atoms with Gasteiger partial charge in [-0.1, -0.05) is 38.1 Å². The van der Waals surface area contributed by atoms with Crippen LogP contribution >= 0.6 is 0 Å². The molecule has 0 unspecified atom stereocenters. The number of hydrogen-bond acceptors (Lipinski definition) is 5. The number of nitrogens with one attached hydrogen (secondary N) is 2. The number of carbonyl (C=O) groups excluding carboxylic acids is 1. The average Bonchev–Trinajstić information content (AvgIpc) is 2.77. The van der Waals surface area contributed by atoms with E-state index in [1.54, 1.807) is 6.07 Å². The second kappa shape index (κ2) is 6.34. The molecule has 2 aromatic rings. The zero-order chi connectivity index (χ0) is 19.2. The highest BCUT2D eigenvalue weighted by molar-refractivity contribution is 6.01. The Hall–Kier alpha value is -2.95. The average molecular weight is 364 g/mol. The standard InChI is InChI=1S/C22H24N2O3/c1-22(2)11-16-19(17(25)12-22)20(13-7-6-10-18(27-3)21(13)26)24-15-9-5-4-8-14(15)23-16/h4-10,20,23-24,26H,11-12H2,1-3H3/t20-/m1/s1. The minimum atomic E-state index is -0.449. The van der Waals surface area contributed by atoms with Gasteiger partial charge in [0, 0.05) is 23.3 Å². The molecule has 4 rings (SSSR count). The van der Waals surface area contributed by atoms with Gasteiger partial charge in [-0.15, -0.1) is 0 Å². The maximum atomic E-state index is 13.1. The fourth-order valence-corrected chi connectivity index (χ4v) is 4.06. The molecule has 0 spiro atoms. The van der Waals surface area contributed by atoms with Gasteiger partial charge >= 0.3 is 0 Å². The van der Waals surface area contributed by atoms with Crippen LogP contribution in [0.15, 0.2) is 53.7 Å². The molecule has 1 atom stereocenters. The van der Waals surface area contributed by atoms with Crippen LogP contribution in [0.4, 0.5) is 11.4 Å². The summed E-state index contributed by atoms with van der Waals surface area (Å²) in [6.07, 6.45) is 1.25. The van der Waals surface area contributed by atoms with Gasteiger partial charge in [-0.3, -0.25) is 4.79 Å². The maximum Gasteiger partial charge on any atom is 0.163 e. The molecule has 5 nitrogen and oxygen atoms in total. The van der Waals surface area contributed by atoms with Crippen LogP contribution in [-0.2, 0) is 4.79 Å². The van der Waals surface area contributed by atoms with Crippen LogP contribution in [0.1, 0.15) is 38.3 Å². The Labute approximate surface area is 159 Å². The topological polar surface area (TPSA) is 70.6 Å². The highest BCUT2D eigenvalue weighted by Crippen LogP contribution is 2.47. The van der Waals surface area contributed by atoms with E-state index >= 15 is 0 Å². The van der Waals surface area contributed by atoms with Gasteiger partial charge in [0.15, 0.2) is 17.3 Å². The number of ether oxygens (including phenoxy) is 1. The Balaban J connectivity index is 1.92. The van der Waals surface area contributed by atoms with Crippen molar-refractivity contribution in [3.05, 3.63) is 59.3 Å². The third kappa shape index (κ3) is 3.03. The van der Waals surface area contributed by atoms with Crippen LogP contribution in [0.25, 0.3) is 0 Å². The predicted molar refractivity (Wildman–Crippen MR) is 106 cm³/mol. The van der Waals surface area contributed by atoms with Gasteiger partial charge in [0.05, 0.1) is 24.5 Å². The van der Waals surface area contributed by atoms with E-state index in [1.165, 1.54) is 7.11 Å². The maximum absolute atomic E-state index is 13.1. The lowest BCUT2D eigenvalue weighted by Gasteiger charge is -2.34. The lowest BCUT2D eigenvalue weighted by molar-refractivity contribution is -0.118.